The van der Waals surface area contributed by atoms with E-state index in [4.69, 9.17) is 19.4 Å². The van der Waals surface area contributed by atoms with E-state index >= 15 is 0 Å². The van der Waals surface area contributed by atoms with E-state index in [0.717, 1.165) is 25.3 Å². The Hall–Kier alpha value is -2.47. The van der Waals surface area contributed by atoms with Crippen molar-refractivity contribution >= 4 is 17.8 Å². The zero-order chi connectivity index (χ0) is 21.6. The van der Waals surface area contributed by atoms with Gasteiger partial charge in [0.15, 0.2) is 0 Å². The molecule has 29 heavy (non-hydrogen) atoms. The van der Waals surface area contributed by atoms with Gasteiger partial charge in [-0.3, -0.25) is 4.79 Å². The molecule has 0 aromatic carbocycles. The van der Waals surface area contributed by atoms with Gasteiger partial charge >= 0.3 is 12.1 Å². The van der Waals surface area contributed by atoms with Crippen LogP contribution in [0.5, 0.6) is 0 Å². The molecule has 1 saturated carbocycles. The fraction of sp³-hybridized carbons (Fsp3) is 0.647. The maximum atomic E-state index is 11.7. The Labute approximate surface area is 165 Å². The van der Waals surface area contributed by atoms with Crippen molar-refractivity contribution < 1.29 is 37.3 Å². The second-order valence-corrected chi connectivity index (χ2v) is 6.66. The van der Waals surface area contributed by atoms with Crippen LogP contribution in [0.25, 0.3) is 0 Å². The minimum absolute atomic E-state index is 0.0208. The van der Waals surface area contributed by atoms with Gasteiger partial charge in [0.05, 0.1) is 18.8 Å². The molecule has 0 spiro atoms. The summed E-state index contributed by atoms with van der Waals surface area (Å²) in [5, 5.41) is 7.12. The van der Waals surface area contributed by atoms with E-state index in [-0.39, 0.29) is 30.8 Å². The number of aromatic nitrogens is 2. The van der Waals surface area contributed by atoms with Gasteiger partial charge in [-0.25, -0.2) is 14.8 Å². The smallest absolute Gasteiger partial charge is 0.475 e. The van der Waals surface area contributed by atoms with Crippen molar-refractivity contribution in [2.24, 2.45) is 0 Å². The maximum absolute atomic E-state index is 11.7. The molecule has 3 rings (SSSR count). The summed E-state index contributed by atoms with van der Waals surface area (Å²) >= 11 is 0. The van der Waals surface area contributed by atoms with Gasteiger partial charge < -0.3 is 24.4 Å². The van der Waals surface area contributed by atoms with Crippen molar-refractivity contribution in [1.29, 1.82) is 0 Å². The molecule has 2 heterocycles. The zero-order valence-electron chi connectivity index (χ0n) is 16.0. The Morgan fingerprint density at radius 3 is 2.48 bits per heavy atom. The number of carbonyl (C=O) groups is 2. The number of carboxylic acids is 1. The number of morpholine rings is 1. The lowest BCUT2D eigenvalue weighted by molar-refractivity contribution is -0.192. The number of fused-ring (bicyclic) bond motifs is 1. The number of carbonyl (C=O) groups excluding carboxylic acids is 1. The molecule has 1 aromatic rings. The summed E-state index contributed by atoms with van der Waals surface area (Å²) in [5.74, 6) is -2.04. The van der Waals surface area contributed by atoms with Crippen LogP contribution in [0.1, 0.15) is 12.8 Å². The Bertz CT molecular complexity index is 689. The second kappa shape index (κ2) is 9.83. The van der Waals surface area contributed by atoms with Crippen LogP contribution < -0.4 is 4.90 Å². The number of rotatable bonds is 4. The van der Waals surface area contributed by atoms with Crippen LogP contribution in [-0.2, 0) is 19.1 Å². The molecule has 0 bridgehead atoms. The topological polar surface area (TPSA) is 105 Å². The highest BCUT2D eigenvalue weighted by molar-refractivity contribution is 5.76. The van der Waals surface area contributed by atoms with Gasteiger partial charge in [0.1, 0.15) is 12.7 Å². The number of aliphatic carboxylic acids is 1. The quantitative estimate of drug-likeness (QED) is 0.768. The molecule has 2 fully saturated rings. The van der Waals surface area contributed by atoms with Crippen molar-refractivity contribution in [2.45, 2.75) is 37.3 Å². The van der Waals surface area contributed by atoms with E-state index in [1.807, 2.05) is 6.07 Å². The molecule has 3 atom stereocenters. The number of hydrogen-bond donors (Lipinski definition) is 1. The highest BCUT2D eigenvalue weighted by Gasteiger charge is 2.44. The van der Waals surface area contributed by atoms with Crippen LogP contribution in [0.15, 0.2) is 18.5 Å². The molecule has 0 radical (unpaired) electrons. The van der Waals surface area contributed by atoms with Crippen molar-refractivity contribution in [1.82, 2.24) is 14.9 Å². The van der Waals surface area contributed by atoms with Crippen molar-refractivity contribution in [3.8, 4) is 0 Å². The van der Waals surface area contributed by atoms with Gasteiger partial charge in [0.25, 0.3) is 0 Å². The normalized spacial score (nSPS) is 23.6. The van der Waals surface area contributed by atoms with Gasteiger partial charge in [-0.15, -0.1) is 0 Å². The Balaban J connectivity index is 0.000000370. The molecule has 1 aliphatic carbocycles. The molecule has 12 heteroatoms. The first-order valence-corrected chi connectivity index (χ1v) is 8.88. The zero-order valence-corrected chi connectivity index (χ0v) is 16.0. The number of carboxylic acid groups (broad SMARTS) is 1. The molecule has 1 saturated heterocycles. The Kier molecular flexibility index (Phi) is 7.73. The monoisotopic (exact) mass is 420 g/mol. The number of ether oxygens (including phenoxy) is 2. The third-order valence-corrected chi connectivity index (χ3v) is 4.51. The number of alkyl halides is 3. The predicted octanol–water partition coefficient (Wildman–Crippen LogP) is 0.951. The number of amides is 1. The highest BCUT2D eigenvalue weighted by atomic mass is 19.4. The van der Waals surface area contributed by atoms with Crippen LogP contribution in [0.3, 0.4) is 0 Å². The number of nitrogens with zero attached hydrogens (tertiary/aromatic N) is 4. The van der Waals surface area contributed by atoms with Crippen molar-refractivity contribution in [2.75, 3.05) is 38.8 Å². The molecule has 162 valence electrons. The lowest BCUT2D eigenvalue weighted by Gasteiger charge is -2.38. The molecule has 1 N–H and O–H groups in total. The maximum Gasteiger partial charge on any atom is 0.490 e. The predicted molar refractivity (Wildman–Crippen MR) is 94.3 cm³/mol. The number of anilines is 1. The van der Waals surface area contributed by atoms with E-state index in [9.17, 15) is 18.0 Å². The first-order valence-electron chi connectivity index (χ1n) is 8.88. The van der Waals surface area contributed by atoms with Gasteiger partial charge in [0.2, 0.25) is 11.9 Å². The number of hydrogen-bond acceptors (Lipinski definition) is 7. The van der Waals surface area contributed by atoms with Crippen LogP contribution in [0, 0.1) is 0 Å². The van der Waals surface area contributed by atoms with Crippen LogP contribution in [-0.4, -0.2) is 90.1 Å². The van der Waals surface area contributed by atoms with Crippen LogP contribution in [0.4, 0.5) is 19.1 Å². The third kappa shape index (κ3) is 6.26. The minimum Gasteiger partial charge on any atom is -0.475 e. The lowest BCUT2D eigenvalue weighted by atomic mass is 10.1. The summed E-state index contributed by atoms with van der Waals surface area (Å²) in [6.07, 6.45) is 0.216. The summed E-state index contributed by atoms with van der Waals surface area (Å²) in [6, 6.07) is 2.03. The van der Waals surface area contributed by atoms with Gasteiger partial charge in [-0.2, -0.15) is 13.2 Å². The third-order valence-electron chi connectivity index (χ3n) is 4.51. The average molecular weight is 420 g/mol. The van der Waals surface area contributed by atoms with Crippen molar-refractivity contribution in [3.05, 3.63) is 18.5 Å². The standard InChI is InChI=1S/C15H22N4O3.C2HF3O2/c1-18(2)13(20)10-22-12-5-4-11-14(12)21-9-8-19(11)15-16-6-3-7-17-15;3-2(4,5)1(6)7/h3,6-7,11-12,14H,4-5,8-10H2,1-2H3;(H,6,7)/t11-,12+,14+;/m0./s1. The van der Waals surface area contributed by atoms with Crippen molar-refractivity contribution in [3.63, 3.8) is 0 Å². The van der Waals surface area contributed by atoms with E-state index < -0.39 is 12.1 Å². The minimum atomic E-state index is -5.08. The van der Waals surface area contributed by atoms with Crippen LogP contribution >= 0.6 is 0 Å². The molecule has 0 unspecified atom stereocenters. The fourth-order valence-electron chi connectivity index (χ4n) is 3.09. The lowest BCUT2D eigenvalue weighted by Crippen LogP contribution is -2.52. The SMILES string of the molecule is CN(C)C(=O)CO[C@@H]1CC[C@H]2[C@H]1OCCN2c1ncccn1.O=C(O)C(F)(F)F. The highest BCUT2D eigenvalue weighted by Crippen LogP contribution is 2.33. The van der Waals surface area contributed by atoms with Gasteiger partial charge in [0, 0.05) is 33.0 Å². The van der Waals surface area contributed by atoms with Gasteiger partial charge in [-0.1, -0.05) is 0 Å². The Morgan fingerprint density at radius 2 is 1.93 bits per heavy atom. The molecule has 1 aromatic heterocycles. The number of likely N-dealkylation sites (N-methyl/N-ethyl adjacent to an activating group) is 1. The van der Waals surface area contributed by atoms with E-state index in [1.165, 1.54) is 4.90 Å². The number of halogens is 3. The summed E-state index contributed by atoms with van der Waals surface area (Å²) in [6.45, 7) is 1.52. The fourth-order valence-corrected chi connectivity index (χ4v) is 3.09. The first kappa shape index (κ1) is 22.8. The van der Waals surface area contributed by atoms with E-state index in [1.54, 1.807) is 26.5 Å². The molecule has 2 aliphatic rings. The van der Waals surface area contributed by atoms with E-state index in [0.29, 0.717) is 6.61 Å². The molecular formula is C17H23F3N4O5. The molecule has 1 aliphatic heterocycles. The first-order chi connectivity index (χ1) is 13.6. The van der Waals surface area contributed by atoms with Gasteiger partial charge in [-0.05, 0) is 18.9 Å². The molecule has 1 amide bonds. The molecule has 9 nitrogen and oxygen atoms in total. The van der Waals surface area contributed by atoms with Crippen LogP contribution in [0.2, 0.25) is 0 Å². The summed E-state index contributed by atoms with van der Waals surface area (Å²) in [7, 11) is 3.46. The summed E-state index contributed by atoms with van der Waals surface area (Å²) in [5.41, 5.74) is 0. The average Bonchev–Trinajstić information content (AvgIpc) is 3.09. The second-order valence-electron chi connectivity index (χ2n) is 6.66. The molecular weight excluding hydrogens is 397 g/mol. The summed E-state index contributed by atoms with van der Waals surface area (Å²) < 4.78 is 43.4. The largest absolute Gasteiger partial charge is 0.490 e. The summed E-state index contributed by atoms with van der Waals surface area (Å²) in [4.78, 5) is 33.0. The Morgan fingerprint density at radius 1 is 1.31 bits per heavy atom. The van der Waals surface area contributed by atoms with E-state index in [2.05, 4.69) is 14.9 Å².